The molecule has 49 heavy (non-hydrogen) atoms. The fourth-order valence-electron chi connectivity index (χ4n) is 7.87. The first-order chi connectivity index (χ1) is 23.4. The average molecular weight is 680 g/mol. The average Bonchev–Trinajstić information content (AvgIpc) is 3.65. The van der Waals surface area contributed by atoms with Crippen LogP contribution in [0.4, 0.5) is 0 Å². The second kappa shape index (κ2) is 15.8. The Morgan fingerprint density at radius 2 is 1.63 bits per heavy atom. The van der Waals surface area contributed by atoms with Gasteiger partial charge in [-0.2, -0.15) is 0 Å². The summed E-state index contributed by atoms with van der Waals surface area (Å²) in [4.78, 5) is 91.4. The van der Waals surface area contributed by atoms with Gasteiger partial charge in [-0.1, -0.05) is 59.8 Å². The molecule has 0 radical (unpaired) electrons. The summed E-state index contributed by atoms with van der Waals surface area (Å²) >= 11 is 0. The van der Waals surface area contributed by atoms with Crippen LogP contribution in [0.2, 0.25) is 0 Å². The van der Waals surface area contributed by atoms with E-state index in [0.717, 1.165) is 64.2 Å². The molecule has 1 aromatic heterocycles. The first-order valence-electron chi connectivity index (χ1n) is 18.2. The minimum absolute atomic E-state index is 0.0132. The molecule has 1 saturated heterocycles. The van der Waals surface area contributed by atoms with Crippen LogP contribution in [0.3, 0.4) is 0 Å². The number of aromatic nitrogens is 2. The van der Waals surface area contributed by atoms with Gasteiger partial charge in [0, 0.05) is 25.0 Å². The molecular formula is C36H53N7O6. The van der Waals surface area contributed by atoms with E-state index >= 15 is 0 Å². The third-order valence-electron chi connectivity index (χ3n) is 10.7. The Bertz CT molecular complexity index is 1390. The lowest BCUT2D eigenvalue weighted by Crippen LogP contribution is -2.62. The van der Waals surface area contributed by atoms with Crippen molar-refractivity contribution in [2.75, 3.05) is 6.54 Å². The lowest BCUT2D eigenvalue weighted by atomic mass is 9.82. The number of nitrogens with zero attached hydrogens (tertiary/aromatic N) is 3. The molecule has 5 rings (SSSR count). The normalized spacial score (nSPS) is 24.2. The Labute approximate surface area is 288 Å². The van der Waals surface area contributed by atoms with Crippen LogP contribution in [0.1, 0.15) is 115 Å². The van der Waals surface area contributed by atoms with Gasteiger partial charge in [-0.15, -0.1) is 0 Å². The van der Waals surface area contributed by atoms with Crippen molar-refractivity contribution in [1.82, 2.24) is 36.1 Å². The molecule has 3 saturated carbocycles. The van der Waals surface area contributed by atoms with Gasteiger partial charge in [0.2, 0.25) is 23.5 Å². The molecule has 0 aromatic carbocycles. The van der Waals surface area contributed by atoms with E-state index in [1.807, 2.05) is 27.7 Å². The Kier molecular flexibility index (Phi) is 11.7. The number of fused-ring (bicyclic) bond motifs is 1. The van der Waals surface area contributed by atoms with E-state index in [2.05, 4.69) is 31.2 Å². The maximum Gasteiger partial charge on any atom is 0.289 e. The number of carbonyl (C=O) groups excluding carboxylic acids is 6. The van der Waals surface area contributed by atoms with Gasteiger partial charge >= 0.3 is 0 Å². The van der Waals surface area contributed by atoms with Crippen LogP contribution in [-0.2, 0) is 24.0 Å². The van der Waals surface area contributed by atoms with Crippen molar-refractivity contribution >= 4 is 35.3 Å². The summed E-state index contributed by atoms with van der Waals surface area (Å²) in [5.74, 6) is -3.20. The number of hydrogen-bond donors (Lipinski definition) is 4. The Hall–Kier alpha value is -3.90. The molecule has 6 atom stereocenters. The molecule has 4 N–H and O–H groups in total. The van der Waals surface area contributed by atoms with Crippen LogP contribution < -0.4 is 21.3 Å². The quantitative estimate of drug-likeness (QED) is 0.230. The predicted octanol–water partition coefficient (Wildman–Crippen LogP) is 2.45. The van der Waals surface area contributed by atoms with Crippen LogP contribution in [0.5, 0.6) is 0 Å². The Morgan fingerprint density at radius 1 is 0.898 bits per heavy atom. The molecule has 2 heterocycles. The summed E-state index contributed by atoms with van der Waals surface area (Å²) in [7, 11) is 0. The van der Waals surface area contributed by atoms with Gasteiger partial charge in [0.1, 0.15) is 23.8 Å². The molecular weight excluding hydrogens is 626 g/mol. The predicted molar refractivity (Wildman–Crippen MR) is 181 cm³/mol. The van der Waals surface area contributed by atoms with E-state index in [4.69, 9.17) is 0 Å². The summed E-state index contributed by atoms with van der Waals surface area (Å²) in [6, 6.07) is -3.68. The second-order valence-corrected chi connectivity index (χ2v) is 15.5. The van der Waals surface area contributed by atoms with Gasteiger partial charge in [0.15, 0.2) is 0 Å². The number of likely N-dealkylation sites (tertiary alicyclic amines) is 1. The van der Waals surface area contributed by atoms with Crippen molar-refractivity contribution in [3.8, 4) is 0 Å². The van der Waals surface area contributed by atoms with Crippen molar-refractivity contribution in [2.24, 2.45) is 23.2 Å². The largest absolute Gasteiger partial charge is 0.347 e. The number of amides is 5. The molecule has 2 unspecified atom stereocenters. The number of nitrogens with one attached hydrogen (secondary N) is 4. The minimum Gasteiger partial charge on any atom is -0.347 e. The summed E-state index contributed by atoms with van der Waals surface area (Å²) in [6.07, 6.45) is 13.9. The van der Waals surface area contributed by atoms with Gasteiger partial charge in [0.05, 0.1) is 12.2 Å². The monoisotopic (exact) mass is 679 g/mol. The molecule has 1 aliphatic heterocycles. The van der Waals surface area contributed by atoms with E-state index in [9.17, 15) is 28.8 Å². The summed E-state index contributed by atoms with van der Waals surface area (Å²) in [6.45, 7) is 7.85. The fraction of sp³-hybridized carbons (Fsp3) is 0.722. The maximum absolute atomic E-state index is 14.6. The van der Waals surface area contributed by atoms with Crippen LogP contribution in [0, 0.1) is 23.2 Å². The van der Waals surface area contributed by atoms with E-state index in [1.54, 1.807) is 4.90 Å². The summed E-state index contributed by atoms with van der Waals surface area (Å²) in [5, 5.41) is 11.5. The number of hydrogen-bond acceptors (Lipinski definition) is 8. The van der Waals surface area contributed by atoms with Gasteiger partial charge in [0.25, 0.3) is 11.8 Å². The third kappa shape index (κ3) is 8.83. The highest BCUT2D eigenvalue weighted by Crippen LogP contribution is 2.43. The first-order valence-corrected chi connectivity index (χ1v) is 18.2. The SMILES string of the molecule is CCC[C@@H](NC(=O)[C@H]1C2CCCC2CN1C(=O)[C@@H](NC(=O)[C@@H](NC(=O)c1cnccn1)C1CCCCC1)C(C)(C)C)C(=O)C(=O)NC1CC1. The number of ketones is 1. The molecule has 4 aliphatic rings. The zero-order valence-corrected chi connectivity index (χ0v) is 29.3. The molecule has 0 spiro atoms. The molecule has 4 fully saturated rings. The summed E-state index contributed by atoms with van der Waals surface area (Å²) < 4.78 is 0. The highest BCUT2D eigenvalue weighted by Gasteiger charge is 2.52. The molecule has 0 bridgehead atoms. The topological polar surface area (TPSA) is 180 Å². The standard InChI is InChI=1S/C36H53N7O6/c1-5-10-25(29(44)34(48)39-23-15-16-23)40-33(47)28-24-14-9-13-22(24)20-43(28)35(49)30(36(2,3)4)42-32(46)27(21-11-7-6-8-12-21)41-31(45)26-19-37-17-18-38-26/h17-19,21-25,27-28,30H,5-16,20H2,1-4H3,(H,39,48)(H,40,47)(H,41,45)(H,42,46)/t22?,24?,25-,27+,28-,30-/m1/s1. The first kappa shape index (κ1) is 36.4. The van der Waals surface area contributed by atoms with Crippen LogP contribution in [-0.4, -0.2) is 86.9 Å². The van der Waals surface area contributed by atoms with E-state index < -0.39 is 59.0 Å². The van der Waals surface area contributed by atoms with Crippen molar-refractivity contribution in [3.63, 3.8) is 0 Å². The van der Waals surface area contributed by atoms with Gasteiger partial charge < -0.3 is 26.2 Å². The molecule has 1 aromatic rings. The smallest absolute Gasteiger partial charge is 0.289 e. The highest BCUT2D eigenvalue weighted by molar-refractivity contribution is 6.38. The van der Waals surface area contributed by atoms with Gasteiger partial charge in [-0.3, -0.25) is 33.8 Å². The van der Waals surface area contributed by atoms with Gasteiger partial charge in [-0.05, 0) is 68.1 Å². The Morgan fingerprint density at radius 3 is 2.27 bits per heavy atom. The van der Waals surface area contributed by atoms with E-state index in [-0.39, 0.29) is 35.4 Å². The van der Waals surface area contributed by atoms with Crippen molar-refractivity contribution < 1.29 is 28.8 Å². The lowest BCUT2D eigenvalue weighted by Gasteiger charge is -2.38. The van der Waals surface area contributed by atoms with E-state index in [0.29, 0.717) is 19.4 Å². The number of carbonyl (C=O) groups is 6. The number of rotatable bonds is 13. The number of Topliss-reactive ketones (excluding diaryl/α,β-unsaturated/α-hetero) is 1. The van der Waals surface area contributed by atoms with Crippen LogP contribution >= 0.6 is 0 Å². The fourth-order valence-corrected chi connectivity index (χ4v) is 7.87. The van der Waals surface area contributed by atoms with Crippen molar-refractivity contribution in [2.45, 2.75) is 135 Å². The Balaban J connectivity index is 1.36. The zero-order valence-electron chi connectivity index (χ0n) is 29.3. The van der Waals surface area contributed by atoms with Crippen molar-refractivity contribution in [3.05, 3.63) is 24.3 Å². The molecule has 13 nitrogen and oxygen atoms in total. The molecule has 5 amide bonds. The minimum atomic E-state index is -0.994. The summed E-state index contributed by atoms with van der Waals surface area (Å²) in [5.41, 5.74) is -0.638. The lowest BCUT2D eigenvalue weighted by molar-refractivity contribution is -0.146. The highest BCUT2D eigenvalue weighted by atomic mass is 16.2. The van der Waals surface area contributed by atoms with Crippen LogP contribution in [0.25, 0.3) is 0 Å². The molecule has 3 aliphatic carbocycles. The second-order valence-electron chi connectivity index (χ2n) is 15.5. The van der Waals surface area contributed by atoms with Gasteiger partial charge in [-0.25, -0.2) is 4.98 Å². The van der Waals surface area contributed by atoms with Crippen molar-refractivity contribution in [1.29, 1.82) is 0 Å². The zero-order chi connectivity index (χ0) is 35.3. The third-order valence-corrected chi connectivity index (χ3v) is 10.7. The maximum atomic E-state index is 14.6. The van der Waals surface area contributed by atoms with E-state index in [1.165, 1.54) is 18.6 Å². The van der Waals surface area contributed by atoms with Crippen LogP contribution in [0.15, 0.2) is 18.6 Å². The molecule has 13 heteroatoms. The molecule has 268 valence electrons.